The van der Waals surface area contributed by atoms with Crippen LogP contribution in [0.5, 0.6) is 0 Å². The maximum absolute atomic E-state index is 4.37. The van der Waals surface area contributed by atoms with E-state index in [0.29, 0.717) is 5.92 Å². The quantitative estimate of drug-likeness (QED) is 0.773. The molecule has 1 heterocycles. The summed E-state index contributed by atoms with van der Waals surface area (Å²) in [6.07, 6.45) is 6.93. The molecule has 1 aliphatic carbocycles. The highest BCUT2D eigenvalue weighted by molar-refractivity contribution is 5.03. The Bertz CT molecular complexity index is 300. The third kappa shape index (κ3) is 3.67. The van der Waals surface area contributed by atoms with E-state index in [0.717, 1.165) is 25.6 Å². The van der Waals surface area contributed by atoms with Gasteiger partial charge in [-0.15, -0.1) is 0 Å². The third-order valence-electron chi connectivity index (χ3n) is 2.71. The summed E-state index contributed by atoms with van der Waals surface area (Å²) in [5.41, 5.74) is 1.30. The molecular weight excluding hydrogens is 186 g/mol. The summed E-state index contributed by atoms with van der Waals surface area (Å²) >= 11 is 0. The molecule has 1 N–H and O–H groups in total. The molecule has 0 aliphatic heterocycles. The molecule has 3 heteroatoms. The molecule has 0 aromatic carbocycles. The lowest BCUT2D eigenvalue weighted by Crippen LogP contribution is -2.18. The summed E-state index contributed by atoms with van der Waals surface area (Å²) in [4.78, 5) is 0. The predicted molar refractivity (Wildman–Crippen MR) is 61.5 cm³/mol. The third-order valence-corrected chi connectivity index (χ3v) is 2.71. The van der Waals surface area contributed by atoms with Crippen LogP contribution >= 0.6 is 0 Å². The van der Waals surface area contributed by atoms with E-state index in [9.17, 15) is 0 Å². The molecule has 1 aliphatic rings. The van der Waals surface area contributed by atoms with Crippen molar-refractivity contribution < 1.29 is 0 Å². The van der Waals surface area contributed by atoms with E-state index in [1.54, 1.807) is 0 Å². The number of rotatable bonds is 6. The maximum Gasteiger partial charge on any atom is 0.0534 e. The van der Waals surface area contributed by atoms with E-state index >= 15 is 0 Å². The first-order valence-corrected chi connectivity index (χ1v) is 5.96. The number of hydrogen-bond donors (Lipinski definition) is 1. The van der Waals surface area contributed by atoms with Gasteiger partial charge in [-0.2, -0.15) is 5.10 Å². The molecular formula is C12H21N3. The molecule has 0 bridgehead atoms. The lowest BCUT2D eigenvalue weighted by atomic mass is 10.2. The highest BCUT2D eigenvalue weighted by Gasteiger charge is 2.21. The molecule has 15 heavy (non-hydrogen) atoms. The van der Waals surface area contributed by atoms with Crippen molar-refractivity contribution in [2.75, 3.05) is 6.54 Å². The lowest BCUT2D eigenvalue weighted by molar-refractivity contribution is 0.549. The summed E-state index contributed by atoms with van der Waals surface area (Å²) in [7, 11) is 0. The van der Waals surface area contributed by atoms with Crippen LogP contribution in [0.2, 0.25) is 0 Å². The Labute approximate surface area is 91.9 Å². The van der Waals surface area contributed by atoms with Crippen molar-refractivity contribution in [2.45, 2.75) is 39.8 Å². The summed E-state index contributed by atoms with van der Waals surface area (Å²) in [6, 6.07) is 0. The zero-order chi connectivity index (χ0) is 10.7. The van der Waals surface area contributed by atoms with Gasteiger partial charge >= 0.3 is 0 Å². The second-order valence-corrected chi connectivity index (χ2v) is 5.04. The summed E-state index contributed by atoms with van der Waals surface area (Å²) in [6.45, 7) is 7.59. The standard InChI is InChI=1S/C12H21N3/c1-10(2)5-13-6-12-7-14-15(9-12)8-11-3-4-11/h7,9-11,13H,3-6,8H2,1-2H3. The van der Waals surface area contributed by atoms with Crippen LogP contribution in [-0.2, 0) is 13.1 Å². The minimum Gasteiger partial charge on any atom is -0.312 e. The van der Waals surface area contributed by atoms with E-state index in [2.05, 4.69) is 35.1 Å². The first-order valence-electron chi connectivity index (χ1n) is 5.96. The first-order chi connectivity index (χ1) is 7.24. The molecule has 0 spiro atoms. The number of hydrogen-bond acceptors (Lipinski definition) is 2. The highest BCUT2D eigenvalue weighted by atomic mass is 15.3. The molecule has 0 radical (unpaired) electrons. The van der Waals surface area contributed by atoms with Gasteiger partial charge in [-0.3, -0.25) is 4.68 Å². The van der Waals surface area contributed by atoms with Crippen molar-refractivity contribution in [3.8, 4) is 0 Å². The Hall–Kier alpha value is -0.830. The Morgan fingerprint density at radius 2 is 2.33 bits per heavy atom. The van der Waals surface area contributed by atoms with Crippen LogP contribution in [0.3, 0.4) is 0 Å². The van der Waals surface area contributed by atoms with Crippen molar-refractivity contribution in [3.05, 3.63) is 18.0 Å². The second-order valence-electron chi connectivity index (χ2n) is 5.04. The lowest BCUT2D eigenvalue weighted by Gasteiger charge is -2.05. The molecule has 0 atom stereocenters. The van der Waals surface area contributed by atoms with Gasteiger partial charge in [0.25, 0.3) is 0 Å². The van der Waals surface area contributed by atoms with Gasteiger partial charge in [-0.1, -0.05) is 13.8 Å². The van der Waals surface area contributed by atoms with Crippen molar-refractivity contribution in [1.29, 1.82) is 0 Å². The molecule has 84 valence electrons. The Morgan fingerprint density at radius 1 is 1.53 bits per heavy atom. The Kier molecular flexibility index (Phi) is 3.41. The van der Waals surface area contributed by atoms with E-state index < -0.39 is 0 Å². The number of nitrogens with one attached hydrogen (secondary N) is 1. The van der Waals surface area contributed by atoms with Gasteiger partial charge in [0, 0.05) is 24.8 Å². The van der Waals surface area contributed by atoms with Crippen LogP contribution in [0, 0.1) is 11.8 Å². The molecule has 0 amide bonds. The zero-order valence-electron chi connectivity index (χ0n) is 9.74. The molecule has 1 aromatic heterocycles. The number of nitrogens with zero attached hydrogens (tertiary/aromatic N) is 2. The molecule has 3 nitrogen and oxygen atoms in total. The summed E-state index contributed by atoms with van der Waals surface area (Å²) in [5.74, 6) is 1.62. The largest absolute Gasteiger partial charge is 0.312 e. The summed E-state index contributed by atoms with van der Waals surface area (Å²) in [5, 5.41) is 7.80. The van der Waals surface area contributed by atoms with Gasteiger partial charge in [0.05, 0.1) is 6.20 Å². The molecule has 0 saturated heterocycles. The monoisotopic (exact) mass is 207 g/mol. The predicted octanol–water partition coefficient (Wildman–Crippen LogP) is 2.04. The van der Waals surface area contributed by atoms with Crippen LogP contribution in [0.1, 0.15) is 32.3 Å². The normalized spacial score (nSPS) is 16.2. The van der Waals surface area contributed by atoms with Crippen LogP contribution in [0.4, 0.5) is 0 Å². The number of aromatic nitrogens is 2. The first kappa shape index (κ1) is 10.7. The fraction of sp³-hybridized carbons (Fsp3) is 0.750. The van der Waals surface area contributed by atoms with Crippen LogP contribution in [-0.4, -0.2) is 16.3 Å². The van der Waals surface area contributed by atoms with Crippen molar-refractivity contribution in [1.82, 2.24) is 15.1 Å². The minimum atomic E-state index is 0.714. The van der Waals surface area contributed by atoms with Crippen molar-refractivity contribution >= 4 is 0 Å². The van der Waals surface area contributed by atoms with Gasteiger partial charge < -0.3 is 5.32 Å². The molecule has 2 rings (SSSR count). The smallest absolute Gasteiger partial charge is 0.0534 e. The second kappa shape index (κ2) is 4.79. The molecule has 0 unspecified atom stereocenters. The Balaban J connectivity index is 1.73. The molecule has 1 fully saturated rings. The van der Waals surface area contributed by atoms with Gasteiger partial charge in [-0.25, -0.2) is 0 Å². The van der Waals surface area contributed by atoms with E-state index in [-0.39, 0.29) is 0 Å². The fourth-order valence-electron chi connectivity index (χ4n) is 1.67. The van der Waals surface area contributed by atoms with Gasteiger partial charge in [0.1, 0.15) is 0 Å². The average Bonchev–Trinajstić information content (AvgIpc) is 2.86. The highest BCUT2D eigenvalue weighted by Crippen LogP contribution is 2.30. The van der Waals surface area contributed by atoms with E-state index in [1.807, 2.05) is 6.20 Å². The molecule has 1 aromatic rings. The molecule has 1 saturated carbocycles. The topological polar surface area (TPSA) is 29.9 Å². The summed E-state index contributed by atoms with van der Waals surface area (Å²) < 4.78 is 2.09. The van der Waals surface area contributed by atoms with Gasteiger partial charge in [-0.05, 0) is 31.2 Å². The van der Waals surface area contributed by atoms with Crippen LogP contribution in [0.25, 0.3) is 0 Å². The maximum atomic E-state index is 4.37. The van der Waals surface area contributed by atoms with Crippen LogP contribution in [0.15, 0.2) is 12.4 Å². The van der Waals surface area contributed by atoms with Gasteiger partial charge in [0.2, 0.25) is 0 Å². The SMILES string of the molecule is CC(C)CNCc1cnn(CC2CC2)c1. The minimum absolute atomic E-state index is 0.714. The average molecular weight is 207 g/mol. The zero-order valence-corrected chi connectivity index (χ0v) is 9.74. The Morgan fingerprint density at radius 3 is 3.00 bits per heavy atom. The van der Waals surface area contributed by atoms with Crippen molar-refractivity contribution in [2.24, 2.45) is 11.8 Å². The van der Waals surface area contributed by atoms with E-state index in [4.69, 9.17) is 0 Å². The van der Waals surface area contributed by atoms with Gasteiger partial charge in [0.15, 0.2) is 0 Å². The van der Waals surface area contributed by atoms with Crippen molar-refractivity contribution in [3.63, 3.8) is 0 Å². The fourth-order valence-corrected chi connectivity index (χ4v) is 1.67. The van der Waals surface area contributed by atoms with E-state index in [1.165, 1.54) is 18.4 Å². The van der Waals surface area contributed by atoms with Crippen LogP contribution < -0.4 is 5.32 Å².